The number of hydrogen-bond donors (Lipinski definition) is 1. The molecule has 1 N–H and O–H groups in total. The van der Waals surface area contributed by atoms with Crippen LogP contribution in [-0.4, -0.2) is 37.0 Å². The number of hydrogen-bond acceptors (Lipinski definition) is 3. The van der Waals surface area contributed by atoms with Crippen LogP contribution in [0.2, 0.25) is 5.02 Å². The molecule has 0 aliphatic carbocycles. The van der Waals surface area contributed by atoms with E-state index in [1.54, 1.807) is 12.1 Å². The summed E-state index contributed by atoms with van der Waals surface area (Å²) in [6.45, 7) is 5.08. The van der Waals surface area contributed by atoms with Crippen LogP contribution in [0.1, 0.15) is 37.3 Å². The number of ether oxygens (including phenoxy) is 1. The molecule has 1 amide bonds. The molecule has 1 aliphatic rings. The van der Waals surface area contributed by atoms with Gasteiger partial charge in [0.05, 0.1) is 6.54 Å². The van der Waals surface area contributed by atoms with E-state index in [1.807, 2.05) is 12.1 Å². The van der Waals surface area contributed by atoms with Crippen molar-refractivity contribution in [2.24, 2.45) is 5.92 Å². The molecule has 0 atom stereocenters. The number of aryl methyl sites for hydroxylation is 1. The molecule has 2 aromatic carbocycles. The zero-order chi connectivity index (χ0) is 21.3. The maximum atomic E-state index is 14.0. The summed E-state index contributed by atoms with van der Waals surface area (Å²) in [4.78, 5) is 14.6. The van der Waals surface area contributed by atoms with Gasteiger partial charge in [-0.2, -0.15) is 0 Å². The van der Waals surface area contributed by atoms with Gasteiger partial charge < -0.3 is 10.1 Å². The van der Waals surface area contributed by atoms with Gasteiger partial charge in [-0.15, -0.1) is 0 Å². The molecule has 0 aromatic heterocycles. The van der Waals surface area contributed by atoms with Gasteiger partial charge in [0.25, 0.3) is 0 Å². The van der Waals surface area contributed by atoms with Crippen molar-refractivity contribution >= 4 is 17.5 Å². The lowest BCUT2D eigenvalue weighted by molar-refractivity contribution is -0.126. The number of halogens is 2. The van der Waals surface area contributed by atoms with Crippen LogP contribution >= 0.6 is 11.6 Å². The highest BCUT2D eigenvalue weighted by atomic mass is 35.5. The van der Waals surface area contributed by atoms with Crippen LogP contribution in [0.5, 0.6) is 5.75 Å². The predicted octanol–water partition coefficient (Wildman–Crippen LogP) is 4.84. The molecule has 0 spiro atoms. The fourth-order valence-electron chi connectivity index (χ4n) is 3.79. The summed E-state index contributed by atoms with van der Waals surface area (Å²) in [6.07, 6.45) is 3.72. The number of nitrogens with zero attached hydrogens (tertiary/aromatic N) is 1. The minimum Gasteiger partial charge on any atom is -0.492 e. The minimum absolute atomic E-state index is 0.00864. The summed E-state index contributed by atoms with van der Waals surface area (Å²) in [5.74, 6) is 0.609. The number of likely N-dealkylation sites (tertiary alicyclic amines) is 1. The van der Waals surface area contributed by atoms with Crippen LogP contribution in [0.3, 0.4) is 0 Å². The Bertz CT molecular complexity index is 800. The third-order valence-corrected chi connectivity index (χ3v) is 5.89. The topological polar surface area (TPSA) is 41.6 Å². The van der Waals surface area contributed by atoms with Crippen molar-refractivity contribution in [3.05, 3.63) is 64.4 Å². The van der Waals surface area contributed by atoms with Crippen molar-refractivity contribution in [3.8, 4) is 5.75 Å². The summed E-state index contributed by atoms with van der Waals surface area (Å²) < 4.78 is 19.7. The third kappa shape index (κ3) is 6.44. The normalized spacial score (nSPS) is 15.2. The molecule has 1 aliphatic heterocycles. The van der Waals surface area contributed by atoms with Gasteiger partial charge in [-0.25, -0.2) is 4.39 Å². The van der Waals surface area contributed by atoms with Gasteiger partial charge in [0, 0.05) is 23.0 Å². The Hall–Kier alpha value is -2.11. The SMILES string of the molecule is CCCc1ccc(OCCNC(=O)C2CCN(Cc3c(F)cccc3Cl)CC2)cc1. The zero-order valence-corrected chi connectivity index (χ0v) is 18.3. The molecule has 0 unspecified atom stereocenters. The molecule has 0 bridgehead atoms. The Labute approximate surface area is 183 Å². The van der Waals surface area contributed by atoms with Crippen LogP contribution in [0, 0.1) is 11.7 Å². The highest BCUT2D eigenvalue weighted by Gasteiger charge is 2.25. The molecule has 0 radical (unpaired) electrons. The first-order valence-electron chi connectivity index (χ1n) is 10.7. The Morgan fingerprint density at radius 1 is 1.20 bits per heavy atom. The second-order valence-corrected chi connectivity index (χ2v) is 8.19. The molecule has 1 fully saturated rings. The summed E-state index contributed by atoms with van der Waals surface area (Å²) in [7, 11) is 0. The van der Waals surface area contributed by atoms with Crippen molar-refractivity contribution in [2.75, 3.05) is 26.2 Å². The average Bonchev–Trinajstić information content (AvgIpc) is 2.75. The van der Waals surface area contributed by atoms with Gasteiger partial charge in [-0.3, -0.25) is 9.69 Å². The van der Waals surface area contributed by atoms with E-state index in [0.717, 1.165) is 44.5 Å². The van der Waals surface area contributed by atoms with Crippen LogP contribution in [0.15, 0.2) is 42.5 Å². The fraction of sp³-hybridized carbons (Fsp3) is 0.458. The van der Waals surface area contributed by atoms with Crippen molar-refractivity contribution < 1.29 is 13.9 Å². The standard InChI is InChI=1S/C24H30ClFN2O2/c1-2-4-18-7-9-20(10-8-18)30-16-13-27-24(29)19-11-14-28(15-12-19)17-21-22(25)5-3-6-23(21)26/h3,5-10,19H,2,4,11-17H2,1H3,(H,27,29). The second kappa shape index (κ2) is 11.3. The molecule has 162 valence electrons. The molecular formula is C24H30ClFN2O2. The Balaban J connectivity index is 1.35. The number of carbonyl (C=O) groups is 1. The van der Waals surface area contributed by atoms with E-state index < -0.39 is 0 Å². The third-order valence-electron chi connectivity index (χ3n) is 5.53. The first-order chi connectivity index (χ1) is 14.6. The number of benzene rings is 2. The number of carbonyl (C=O) groups excluding carboxylic acids is 1. The average molecular weight is 433 g/mol. The lowest BCUT2D eigenvalue weighted by atomic mass is 9.95. The van der Waals surface area contributed by atoms with E-state index in [2.05, 4.69) is 29.3 Å². The van der Waals surface area contributed by atoms with Gasteiger partial charge in [-0.1, -0.05) is 43.1 Å². The van der Waals surface area contributed by atoms with E-state index in [0.29, 0.717) is 30.3 Å². The monoisotopic (exact) mass is 432 g/mol. The quantitative estimate of drug-likeness (QED) is 0.576. The van der Waals surface area contributed by atoms with Crippen LogP contribution in [0.25, 0.3) is 0 Å². The van der Waals surface area contributed by atoms with Crippen LogP contribution in [0.4, 0.5) is 4.39 Å². The van der Waals surface area contributed by atoms with Crippen LogP contribution < -0.4 is 10.1 Å². The molecule has 1 saturated heterocycles. The number of amides is 1. The molecule has 2 aromatic rings. The molecule has 3 rings (SSSR count). The van der Waals surface area contributed by atoms with Gasteiger partial charge >= 0.3 is 0 Å². The predicted molar refractivity (Wildman–Crippen MR) is 118 cm³/mol. The summed E-state index contributed by atoms with van der Waals surface area (Å²) in [5.41, 5.74) is 1.84. The molecule has 30 heavy (non-hydrogen) atoms. The molecule has 0 saturated carbocycles. The maximum Gasteiger partial charge on any atom is 0.223 e. The highest BCUT2D eigenvalue weighted by Crippen LogP contribution is 2.24. The van der Waals surface area contributed by atoms with Crippen LogP contribution in [-0.2, 0) is 17.8 Å². The van der Waals surface area contributed by atoms with E-state index in [1.165, 1.54) is 11.6 Å². The Morgan fingerprint density at radius 2 is 1.93 bits per heavy atom. The van der Waals surface area contributed by atoms with Gasteiger partial charge in [0.1, 0.15) is 18.2 Å². The lowest BCUT2D eigenvalue weighted by Crippen LogP contribution is -2.41. The van der Waals surface area contributed by atoms with Gasteiger partial charge in [0.15, 0.2) is 0 Å². The maximum absolute atomic E-state index is 14.0. The van der Waals surface area contributed by atoms with Gasteiger partial charge in [0.2, 0.25) is 5.91 Å². The smallest absolute Gasteiger partial charge is 0.223 e. The summed E-state index contributed by atoms with van der Waals surface area (Å²) >= 11 is 6.12. The molecule has 1 heterocycles. The van der Waals surface area contributed by atoms with Crippen molar-refractivity contribution in [2.45, 2.75) is 39.2 Å². The lowest BCUT2D eigenvalue weighted by Gasteiger charge is -2.31. The van der Waals surface area contributed by atoms with Gasteiger partial charge in [-0.05, 0) is 62.2 Å². The molecular weight excluding hydrogens is 403 g/mol. The molecule has 6 heteroatoms. The molecule has 4 nitrogen and oxygen atoms in total. The van der Waals surface area contributed by atoms with Crippen molar-refractivity contribution in [3.63, 3.8) is 0 Å². The Morgan fingerprint density at radius 3 is 2.60 bits per heavy atom. The van der Waals surface area contributed by atoms with Crippen molar-refractivity contribution in [1.82, 2.24) is 10.2 Å². The largest absolute Gasteiger partial charge is 0.492 e. The van der Waals surface area contributed by atoms with Crippen molar-refractivity contribution in [1.29, 1.82) is 0 Å². The Kier molecular flexibility index (Phi) is 8.52. The second-order valence-electron chi connectivity index (χ2n) is 7.78. The summed E-state index contributed by atoms with van der Waals surface area (Å²) in [5, 5.41) is 3.43. The minimum atomic E-state index is -0.276. The highest BCUT2D eigenvalue weighted by molar-refractivity contribution is 6.31. The number of nitrogens with one attached hydrogen (secondary N) is 1. The first-order valence-corrected chi connectivity index (χ1v) is 11.1. The number of rotatable bonds is 9. The van der Waals surface area contributed by atoms with E-state index in [-0.39, 0.29) is 17.6 Å². The summed E-state index contributed by atoms with van der Waals surface area (Å²) in [6, 6.07) is 12.9. The van der Waals surface area contributed by atoms with E-state index in [9.17, 15) is 9.18 Å². The van der Waals surface area contributed by atoms with E-state index in [4.69, 9.17) is 16.3 Å². The number of piperidine rings is 1. The van der Waals surface area contributed by atoms with E-state index >= 15 is 0 Å². The first kappa shape index (κ1) is 22.6. The fourth-order valence-corrected chi connectivity index (χ4v) is 4.01. The zero-order valence-electron chi connectivity index (χ0n) is 17.5.